The molecular weight excluding hydrogens is 246 g/mol. The van der Waals surface area contributed by atoms with E-state index in [0.29, 0.717) is 11.8 Å². The summed E-state index contributed by atoms with van der Waals surface area (Å²) in [5.74, 6) is 1.18. The van der Waals surface area contributed by atoms with Crippen LogP contribution in [-0.2, 0) is 11.2 Å². The number of hydrogen-bond acceptors (Lipinski definition) is 4. The zero-order valence-electron chi connectivity index (χ0n) is 11.3. The van der Waals surface area contributed by atoms with Crippen molar-refractivity contribution in [2.75, 3.05) is 13.1 Å². The highest BCUT2D eigenvalue weighted by Gasteiger charge is 2.25. The largest absolute Gasteiger partial charge is 0.342 e. The van der Waals surface area contributed by atoms with Crippen LogP contribution < -0.4 is 0 Å². The number of hydrogen-bond donors (Lipinski definition) is 0. The molecule has 0 radical (unpaired) electrons. The van der Waals surface area contributed by atoms with Crippen molar-refractivity contribution < 1.29 is 4.79 Å². The van der Waals surface area contributed by atoms with Gasteiger partial charge in [-0.2, -0.15) is 0 Å². The first-order valence-corrected chi connectivity index (χ1v) is 7.45. The molecule has 1 saturated heterocycles. The van der Waals surface area contributed by atoms with Gasteiger partial charge in [0.15, 0.2) is 0 Å². The van der Waals surface area contributed by atoms with Gasteiger partial charge in [0.1, 0.15) is 10.0 Å². The van der Waals surface area contributed by atoms with Crippen molar-refractivity contribution in [2.24, 2.45) is 5.92 Å². The summed E-state index contributed by atoms with van der Waals surface area (Å²) in [4.78, 5) is 13.3. The molecule has 0 saturated carbocycles. The summed E-state index contributed by atoms with van der Waals surface area (Å²) >= 11 is 1.72. The second-order valence-electron chi connectivity index (χ2n) is 5.44. The van der Waals surface area contributed by atoms with Gasteiger partial charge in [-0.25, -0.2) is 0 Å². The summed E-state index contributed by atoms with van der Waals surface area (Å²) in [6.07, 6.45) is 3.20. The monoisotopic (exact) mass is 267 g/mol. The Hall–Kier alpha value is -0.970. The van der Waals surface area contributed by atoms with Crippen molar-refractivity contribution in [3.63, 3.8) is 0 Å². The minimum Gasteiger partial charge on any atom is -0.342 e. The van der Waals surface area contributed by atoms with Crippen LogP contribution in [-0.4, -0.2) is 34.1 Å². The van der Waals surface area contributed by atoms with Crippen LogP contribution in [0.2, 0.25) is 0 Å². The lowest BCUT2D eigenvalue weighted by molar-refractivity contribution is -0.130. The van der Waals surface area contributed by atoms with Crippen molar-refractivity contribution in [3.8, 4) is 0 Å². The van der Waals surface area contributed by atoms with Gasteiger partial charge in [-0.1, -0.05) is 13.8 Å². The van der Waals surface area contributed by atoms with Gasteiger partial charge in [-0.05, 0) is 18.8 Å². The molecule has 0 aromatic carbocycles. The van der Waals surface area contributed by atoms with E-state index in [1.807, 2.05) is 4.90 Å². The quantitative estimate of drug-likeness (QED) is 0.845. The number of carbonyl (C=O) groups is 1. The highest BCUT2D eigenvalue weighted by Crippen LogP contribution is 2.29. The Labute approximate surface area is 112 Å². The van der Waals surface area contributed by atoms with Gasteiger partial charge in [-0.15, -0.1) is 21.5 Å². The summed E-state index contributed by atoms with van der Waals surface area (Å²) in [7, 11) is 0. The van der Waals surface area contributed by atoms with Crippen molar-refractivity contribution in [3.05, 3.63) is 10.0 Å². The number of likely N-dealkylation sites (tertiary alicyclic amines) is 1. The molecule has 0 N–H and O–H groups in total. The molecule has 0 spiro atoms. The van der Waals surface area contributed by atoms with Gasteiger partial charge in [0.05, 0.1) is 0 Å². The van der Waals surface area contributed by atoms with E-state index >= 15 is 0 Å². The highest BCUT2D eigenvalue weighted by molar-refractivity contribution is 7.11. The molecule has 1 atom stereocenters. The van der Waals surface area contributed by atoms with Crippen LogP contribution in [0.5, 0.6) is 0 Å². The molecular formula is C13H21N3OS. The third kappa shape index (κ3) is 3.28. The van der Waals surface area contributed by atoms with Crippen LogP contribution in [0.4, 0.5) is 0 Å². The topological polar surface area (TPSA) is 46.1 Å². The van der Waals surface area contributed by atoms with E-state index in [1.165, 1.54) is 0 Å². The summed E-state index contributed by atoms with van der Waals surface area (Å²) < 4.78 is 0. The number of rotatable bonds is 3. The number of aromatic nitrogens is 2. The predicted molar refractivity (Wildman–Crippen MR) is 72.7 cm³/mol. The maximum Gasteiger partial charge on any atom is 0.219 e. The van der Waals surface area contributed by atoms with Gasteiger partial charge < -0.3 is 4.90 Å². The first-order valence-electron chi connectivity index (χ1n) is 6.64. The van der Waals surface area contributed by atoms with E-state index in [2.05, 4.69) is 24.0 Å². The smallest absolute Gasteiger partial charge is 0.219 e. The van der Waals surface area contributed by atoms with Crippen molar-refractivity contribution >= 4 is 17.2 Å². The van der Waals surface area contributed by atoms with Gasteiger partial charge in [0, 0.05) is 32.4 Å². The Morgan fingerprint density at radius 3 is 2.94 bits per heavy atom. The summed E-state index contributed by atoms with van der Waals surface area (Å²) in [6.45, 7) is 7.74. The molecule has 5 heteroatoms. The van der Waals surface area contributed by atoms with Crippen LogP contribution >= 0.6 is 11.3 Å². The molecule has 1 amide bonds. The molecule has 1 aromatic heterocycles. The molecule has 18 heavy (non-hydrogen) atoms. The maximum absolute atomic E-state index is 11.4. The SMILES string of the molecule is CC(=O)N1CCCC(c2nnc(CC(C)C)s2)C1. The fraction of sp³-hybridized carbons (Fsp3) is 0.769. The first kappa shape index (κ1) is 13.5. The summed E-state index contributed by atoms with van der Waals surface area (Å²) in [5.41, 5.74) is 0. The van der Waals surface area contributed by atoms with E-state index in [0.717, 1.165) is 42.4 Å². The molecule has 2 heterocycles. The number of carbonyl (C=O) groups excluding carboxylic acids is 1. The van der Waals surface area contributed by atoms with Crippen LogP contribution in [0.15, 0.2) is 0 Å². The van der Waals surface area contributed by atoms with Crippen molar-refractivity contribution in [2.45, 2.75) is 46.0 Å². The third-order valence-corrected chi connectivity index (χ3v) is 4.39. The van der Waals surface area contributed by atoms with Crippen LogP contribution in [0.3, 0.4) is 0 Å². The van der Waals surface area contributed by atoms with Gasteiger partial charge in [0.2, 0.25) is 5.91 Å². The van der Waals surface area contributed by atoms with E-state index in [4.69, 9.17) is 0 Å². The molecule has 1 fully saturated rings. The second kappa shape index (κ2) is 5.78. The van der Waals surface area contributed by atoms with Crippen molar-refractivity contribution in [1.29, 1.82) is 0 Å². The third-order valence-electron chi connectivity index (χ3n) is 3.28. The molecule has 1 unspecified atom stereocenters. The molecule has 0 bridgehead atoms. The lowest BCUT2D eigenvalue weighted by Crippen LogP contribution is -2.37. The minimum atomic E-state index is 0.173. The Balaban J connectivity index is 2.02. The van der Waals surface area contributed by atoms with E-state index in [9.17, 15) is 4.79 Å². The van der Waals surface area contributed by atoms with Gasteiger partial charge in [-0.3, -0.25) is 4.79 Å². The number of nitrogens with zero attached hydrogens (tertiary/aromatic N) is 3. The summed E-state index contributed by atoms with van der Waals surface area (Å²) in [6, 6.07) is 0. The van der Waals surface area contributed by atoms with Crippen LogP contribution in [0.1, 0.15) is 49.5 Å². The second-order valence-corrected chi connectivity index (χ2v) is 6.53. The van der Waals surface area contributed by atoms with E-state index in [-0.39, 0.29) is 5.91 Å². The molecule has 1 aliphatic heterocycles. The standard InChI is InChI=1S/C13H21N3OS/c1-9(2)7-12-14-15-13(18-12)11-5-4-6-16(8-11)10(3)17/h9,11H,4-8H2,1-3H3. The lowest BCUT2D eigenvalue weighted by Gasteiger charge is -2.30. The van der Waals surface area contributed by atoms with Gasteiger partial charge >= 0.3 is 0 Å². The highest BCUT2D eigenvalue weighted by atomic mass is 32.1. The van der Waals surface area contributed by atoms with E-state index in [1.54, 1.807) is 18.3 Å². The molecule has 100 valence electrons. The molecule has 4 nitrogen and oxygen atoms in total. The predicted octanol–water partition coefficient (Wildman–Crippen LogP) is 2.46. The zero-order chi connectivity index (χ0) is 13.1. The average molecular weight is 267 g/mol. The molecule has 2 rings (SSSR count). The van der Waals surface area contributed by atoms with Crippen molar-refractivity contribution in [1.82, 2.24) is 15.1 Å². The van der Waals surface area contributed by atoms with E-state index < -0.39 is 0 Å². The Morgan fingerprint density at radius 1 is 1.50 bits per heavy atom. The molecule has 0 aliphatic carbocycles. The fourth-order valence-corrected chi connectivity index (χ4v) is 3.51. The number of piperidine rings is 1. The fourth-order valence-electron chi connectivity index (χ4n) is 2.33. The van der Waals surface area contributed by atoms with Gasteiger partial charge in [0.25, 0.3) is 0 Å². The number of amides is 1. The zero-order valence-corrected chi connectivity index (χ0v) is 12.2. The first-order chi connectivity index (χ1) is 8.56. The Morgan fingerprint density at radius 2 is 2.28 bits per heavy atom. The average Bonchev–Trinajstić information content (AvgIpc) is 2.77. The lowest BCUT2D eigenvalue weighted by atomic mass is 9.99. The Bertz CT molecular complexity index is 416. The normalized spacial score (nSPS) is 20.4. The minimum absolute atomic E-state index is 0.173. The Kier molecular flexibility index (Phi) is 4.32. The van der Waals surface area contributed by atoms with Crippen LogP contribution in [0.25, 0.3) is 0 Å². The molecule has 1 aliphatic rings. The van der Waals surface area contributed by atoms with Crippen LogP contribution in [0, 0.1) is 5.92 Å². The summed E-state index contributed by atoms with van der Waals surface area (Å²) in [5, 5.41) is 10.8. The molecule has 1 aromatic rings. The maximum atomic E-state index is 11.4.